The number of alkyl halides is 2. The van der Waals surface area contributed by atoms with E-state index in [0.717, 1.165) is 5.69 Å². The lowest BCUT2D eigenvalue weighted by Crippen LogP contribution is -2.08. The predicted molar refractivity (Wildman–Crippen MR) is 76.0 cm³/mol. The summed E-state index contributed by atoms with van der Waals surface area (Å²) in [5.74, 6) is 0.369. The monoisotopic (exact) mass is 297 g/mol. The van der Waals surface area contributed by atoms with Crippen LogP contribution in [0.2, 0.25) is 0 Å². The van der Waals surface area contributed by atoms with Crippen molar-refractivity contribution in [1.29, 1.82) is 0 Å². The molecule has 0 aliphatic carbocycles. The Morgan fingerprint density at radius 1 is 1.45 bits per heavy atom. The first-order chi connectivity index (χ1) is 9.65. The number of nitrogens with zero attached hydrogens (tertiary/aromatic N) is 2. The van der Waals surface area contributed by atoms with Crippen LogP contribution in [0.5, 0.6) is 5.75 Å². The van der Waals surface area contributed by atoms with Gasteiger partial charge in [0, 0.05) is 10.9 Å². The second kappa shape index (κ2) is 6.95. The van der Waals surface area contributed by atoms with Gasteiger partial charge in [-0.3, -0.25) is 5.43 Å². The van der Waals surface area contributed by atoms with Gasteiger partial charge in [-0.05, 0) is 19.1 Å². The summed E-state index contributed by atoms with van der Waals surface area (Å²) >= 11 is 1.44. The molecule has 2 aromatic rings. The van der Waals surface area contributed by atoms with Crippen LogP contribution in [0.15, 0.2) is 34.7 Å². The van der Waals surface area contributed by atoms with Crippen LogP contribution in [0.3, 0.4) is 0 Å². The zero-order valence-electron chi connectivity index (χ0n) is 10.7. The fourth-order valence-corrected chi connectivity index (χ4v) is 2.07. The fraction of sp³-hybridized carbons (Fsp3) is 0.231. The molecule has 0 saturated heterocycles. The number of anilines is 1. The maximum atomic E-state index is 12.1. The van der Waals surface area contributed by atoms with Crippen LogP contribution < -0.4 is 10.2 Å². The molecule has 2 rings (SSSR count). The van der Waals surface area contributed by atoms with E-state index in [0.29, 0.717) is 16.4 Å². The molecule has 1 aromatic carbocycles. The first-order valence-electron chi connectivity index (χ1n) is 5.86. The number of hydrogen-bond donors (Lipinski definition) is 1. The minimum Gasteiger partial charge on any atom is -0.487 e. The molecular weight excluding hydrogens is 284 g/mol. The molecule has 0 aliphatic heterocycles. The molecule has 0 bridgehead atoms. The highest BCUT2D eigenvalue weighted by atomic mass is 32.1. The Hall–Kier alpha value is -2.02. The molecule has 0 amide bonds. The summed E-state index contributed by atoms with van der Waals surface area (Å²) < 4.78 is 29.3. The summed E-state index contributed by atoms with van der Waals surface area (Å²) in [6.45, 7) is 1.25. The van der Waals surface area contributed by atoms with Crippen molar-refractivity contribution < 1.29 is 13.5 Å². The molecule has 1 heterocycles. The Morgan fingerprint density at radius 2 is 2.25 bits per heavy atom. The van der Waals surface area contributed by atoms with Crippen molar-refractivity contribution in [2.24, 2.45) is 5.10 Å². The molecule has 0 atom stereocenters. The fourth-order valence-electron chi connectivity index (χ4n) is 1.43. The highest BCUT2D eigenvalue weighted by Crippen LogP contribution is 2.17. The van der Waals surface area contributed by atoms with Gasteiger partial charge in [0.25, 0.3) is 6.43 Å². The molecule has 0 radical (unpaired) electrons. The number of thiazole rings is 1. The predicted octanol–water partition coefficient (Wildman–Crippen LogP) is 3.54. The molecule has 4 nitrogen and oxygen atoms in total. The van der Waals surface area contributed by atoms with E-state index in [-0.39, 0.29) is 0 Å². The topological polar surface area (TPSA) is 46.5 Å². The van der Waals surface area contributed by atoms with Crippen molar-refractivity contribution in [2.75, 3.05) is 12.0 Å². The highest BCUT2D eigenvalue weighted by molar-refractivity contribution is 7.13. The van der Waals surface area contributed by atoms with Gasteiger partial charge in [0.2, 0.25) is 5.13 Å². The van der Waals surface area contributed by atoms with Gasteiger partial charge < -0.3 is 4.74 Å². The number of halogens is 2. The average Bonchev–Trinajstić information content (AvgIpc) is 2.83. The van der Waals surface area contributed by atoms with E-state index in [1.807, 2.05) is 12.3 Å². The minimum absolute atomic E-state index is 0.369. The normalized spacial score (nSPS) is 11.2. The Balaban J connectivity index is 2.01. The summed E-state index contributed by atoms with van der Waals surface area (Å²) in [5.41, 5.74) is 4.31. The number of ether oxygens (including phenoxy) is 1. The number of hydrogen-bond acceptors (Lipinski definition) is 5. The number of benzene rings is 1. The van der Waals surface area contributed by atoms with Gasteiger partial charge in [-0.2, -0.15) is 5.10 Å². The summed E-state index contributed by atoms with van der Waals surface area (Å²) in [4.78, 5) is 4.19. The Morgan fingerprint density at radius 3 is 2.95 bits per heavy atom. The van der Waals surface area contributed by atoms with Gasteiger partial charge >= 0.3 is 0 Å². The van der Waals surface area contributed by atoms with Crippen molar-refractivity contribution in [1.82, 2.24) is 4.98 Å². The number of aromatic nitrogens is 1. The standard InChI is InChI=1S/C13H13F2N3OS/c1-9-8-20-13(17-9)18-16-6-10-4-2-3-5-11(10)19-7-12(14)15/h2-6,8,12H,7H2,1H3,(H,17,18). The van der Waals surface area contributed by atoms with Gasteiger partial charge in [-0.25, -0.2) is 13.8 Å². The molecule has 0 aliphatic rings. The zero-order chi connectivity index (χ0) is 14.4. The molecule has 106 valence electrons. The number of hydrazone groups is 1. The van der Waals surface area contributed by atoms with Gasteiger partial charge in [-0.1, -0.05) is 12.1 Å². The lowest BCUT2D eigenvalue weighted by molar-refractivity contribution is 0.0818. The van der Waals surface area contributed by atoms with E-state index in [1.165, 1.54) is 17.6 Å². The lowest BCUT2D eigenvalue weighted by atomic mass is 10.2. The van der Waals surface area contributed by atoms with Crippen LogP contribution in [-0.4, -0.2) is 24.2 Å². The second-order valence-electron chi connectivity index (χ2n) is 3.90. The van der Waals surface area contributed by atoms with Crippen LogP contribution in [0.25, 0.3) is 0 Å². The van der Waals surface area contributed by atoms with Crippen LogP contribution in [0, 0.1) is 6.92 Å². The van der Waals surface area contributed by atoms with Crippen LogP contribution in [0.1, 0.15) is 11.3 Å². The summed E-state index contributed by atoms with van der Waals surface area (Å²) in [7, 11) is 0. The van der Waals surface area contributed by atoms with Gasteiger partial charge in [-0.15, -0.1) is 11.3 Å². The quantitative estimate of drug-likeness (QED) is 0.655. The van der Waals surface area contributed by atoms with Gasteiger partial charge in [0.15, 0.2) is 0 Å². The summed E-state index contributed by atoms with van der Waals surface area (Å²) in [6.07, 6.45) is -0.992. The molecule has 20 heavy (non-hydrogen) atoms. The third kappa shape index (κ3) is 4.27. The van der Waals surface area contributed by atoms with Crippen LogP contribution in [0.4, 0.5) is 13.9 Å². The van der Waals surface area contributed by atoms with E-state index in [9.17, 15) is 8.78 Å². The van der Waals surface area contributed by atoms with Crippen LogP contribution >= 0.6 is 11.3 Å². The van der Waals surface area contributed by atoms with Crippen molar-refractivity contribution in [2.45, 2.75) is 13.3 Å². The highest BCUT2D eigenvalue weighted by Gasteiger charge is 2.06. The van der Waals surface area contributed by atoms with Crippen LogP contribution in [-0.2, 0) is 0 Å². The second-order valence-corrected chi connectivity index (χ2v) is 4.76. The Kier molecular flexibility index (Phi) is 5.00. The molecule has 1 aromatic heterocycles. The van der Waals surface area contributed by atoms with E-state index in [2.05, 4.69) is 15.5 Å². The average molecular weight is 297 g/mol. The number of nitrogens with one attached hydrogen (secondary N) is 1. The van der Waals surface area contributed by atoms with Crippen molar-refractivity contribution in [3.63, 3.8) is 0 Å². The van der Waals surface area contributed by atoms with E-state index < -0.39 is 13.0 Å². The smallest absolute Gasteiger partial charge is 0.272 e. The molecule has 1 N–H and O–H groups in total. The number of aryl methyl sites for hydroxylation is 1. The van der Waals surface area contributed by atoms with E-state index >= 15 is 0 Å². The zero-order valence-corrected chi connectivity index (χ0v) is 11.5. The van der Waals surface area contributed by atoms with Crippen molar-refractivity contribution >= 4 is 22.7 Å². The van der Waals surface area contributed by atoms with E-state index in [4.69, 9.17) is 4.74 Å². The Bertz CT molecular complexity index is 587. The summed E-state index contributed by atoms with van der Waals surface area (Å²) in [6, 6.07) is 6.86. The maximum absolute atomic E-state index is 12.1. The van der Waals surface area contributed by atoms with Crippen molar-refractivity contribution in [3.05, 3.63) is 40.9 Å². The molecule has 0 unspecified atom stereocenters. The van der Waals surface area contributed by atoms with E-state index in [1.54, 1.807) is 24.3 Å². The number of rotatable bonds is 6. The summed E-state index contributed by atoms with van der Waals surface area (Å²) in [5, 5.41) is 6.59. The van der Waals surface area contributed by atoms with Gasteiger partial charge in [0.05, 0.1) is 11.9 Å². The molecule has 7 heteroatoms. The SMILES string of the molecule is Cc1csc(NN=Cc2ccccc2OCC(F)F)n1. The first-order valence-corrected chi connectivity index (χ1v) is 6.74. The van der Waals surface area contributed by atoms with Crippen molar-refractivity contribution in [3.8, 4) is 5.75 Å². The number of para-hydroxylation sites is 1. The molecule has 0 saturated carbocycles. The largest absolute Gasteiger partial charge is 0.487 e. The maximum Gasteiger partial charge on any atom is 0.272 e. The Labute approximate surface area is 119 Å². The minimum atomic E-state index is -2.50. The van der Waals surface area contributed by atoms with Gasteiger partial charge in [0.1, 0.15) is 12.4 Å². The first kappa shape index (κ1) is 14.4. The molecular formula is C13H13F2N3OS. The third-order valence-corrected chi connectivity index (χ3v) is 3.13. The third-order valence-electron chi connectivity index (χ3n) is 2.27. The molecule has 0 fully saturated rings. The lowest BCUT2D eigenvalue weighted by Gasteiger charge is -2.07. The molecule has 0 spiro atoms.